The van der Waals surface area contributed by atoms with Crippen LogP contribution in [-0.4, -0.2) is 4.98 Å². The van der Waals surface area contributed by atoms with Crippen molar-refractivity contribution >= 4 is 28.5 Å². The molecule has 2 aromatic rings. The number of nitrogens with zero attached hydrogens (tertiary/aromatic N) is 1. The van der Waals surface area contributed by atoms with E-state index >= 15 is 0 Å². The van der Waals surface area contributed by atoms with E-state index in [1.165, 1.54) is 4.88 Å². The Morgan fingerprint density at radius 2 is 2.33 bits per heavy atom. The lowest BCUT2D eigenvalue weighted by molar-refractivity contribution is 1.17. The Bertz CT molecular complexity index is 351. The van der Waals surface area contributed by atoms with Crippen LogP contribution < -0.4 is 5.73 Å². The van der Waals surface area contributed by atoms with Crippen LogP contribution >= 0.6 is 22.7 Å². The maximum absolute atomic E-state index is 5.51. The van der Waals surface area contributed by atoms with Gasteiger partial charge in [-0.3, -0.25) is 0 Å². The highest BCUT2D eigenvalue weighted by Gasteiger charge is 2.00. The summed E-state index contributed by atoms with van der Waals surface area (Å²) >= 11 is 3.37. The number of thiazole rings is 1. The van der Waals surface area contributed by atoms with Crippen LogP contribution in [0.3, 0.4) is 0 Å². The van der Waals surface area contributed by atoms with Gasteiger partial charge in [-0.15, -0.1) is 22.7 Å². The van der Waals surface area contributed by atoms with Crippen molar-refractivity contribution in [1.82, 2.24) is 4.98 Å². The molecule has 2 N–H and O–H groups in total. The van der Waals surface area contributed by atoms with Crippen LogP contribution in [-0.2, 0) is 6.42 Å². The molecule has 2 nitrogen and oxygen atoms in total. The molecule has 0 saturated heterocycles. The second-order valence-electron chi connectivity index (χ2n) is 2.42. The minimum Gasteiger partial charge on any atom is -0.383 e. The highest BCUT2D eigenvalue weighted by Crippen LogP contribution is 2.18. The maximum atomic E-state index is 5.51. The van der Waals surface area contributed by atoms with E-state index in [0.29, 0.717) is 5.82 Å². The van der Waals surface area contributed by atoms with Crippen molar-refractivity contribution in [2.75, 3.05) is 5.73 Å². The third-order valence-electron chi connectivity index (χ3n) is 1.48. The van der Waals surface area contributed by atoms with Crippen molar-refractivity contribution in [3.8, 4) is 0 Å². The van der Waals surface area contributed by atoms with Gasteiger partial charge in [-0.1, -0.05) is 6.07 Å². The van der Waals surface area contributed by atoms with E-state index in [-0.39, 0.29) is 0 Å². The fourth-order valence-electron chi connectivity index (χ4n) is 0.968. The first-order chi connectivity index (χ1) is 5.84. The van der Waals surface area contributed by atoms with E-state index < -0.39 is 0 Å². The first-order valence-corrected chi connectivity index (χ1v) is 5.33. The number of hydrogen-bond acceptors (Lipinski definition) is 4. The lowest BCUT2D eigenvalue weighted by Gasteiger charge is -1.89. The fraction of sp³-hybridized carbons (Fsp3) is 0.125. The Balaban J connectivity index is 2.14. The van der Waals surface area contributed by atoms with Gasteiger partial charge in [0.05, 0.1) is 0 Å². The summed E-state index contributed by atoms with van der Waals surface area (Å²) in [6.07, 6.45) is 0.916. The van der Waals surface area contributed by atoms with Gasteiger partial charge in [0.1, 0.15) is 10.8 Å². The predicted molar refractivity (Wildman–Crippen MR) is 53.7 cm³/mol. The zero-order valence-electron chi connectivity index (χ0n) is 6.36. The molecule has 0 aliphatic carbocycles. The van der Waals surface area contributed by atoms with Gasteiger partial charge >= 0.3 is 0 Å². The molecule has 2 heterocycles. The summed E-state index contributed by atoms with van der Waals surface area (Å²) < 4.78 is 0. The van der Waals surface area contributed by atoms with E-state index in [1.807, 2.05) is 5.38 Å². The molecule has 0 aromatic carbocycles. The van der Waals surface area contributed by atoms with Crippen LogP contribution in [0, 0.1) is 0 Å². The lowest BCUT2D eigenvalue weighted by atomic mass is 10.4. The molecule has 0 atom stereocenters. The van der Waals surface area contributed by atoms with Crippen molar-refractivity contribution in [3.63, 3.8) is 0 Å². The standard InChI is InChI=1S/C8H8N2S2/c9-7-5-12-8(10-7)4-6-2-1-3-11-6/h1-3,5H,4,9H2. The van der Waals surface area contributed by atoms with E-state index in [2.05, 4.69) is 22.5 Å². The fourth-order valence-corrected chi connectivity index (χ4v) is 2.48. The van der Waals surface area contributed by atoms with Gasteiger partial charge in [0.25, 0.3) is 0 Å². The number of nitrogen functional groups attached to an aromatic ring is 1. The van der Waals surface area contributed by atoms with E-state index in [0.717, 1.165) is 11.4 Å². The topological polar surface area (TPSA) is 38.9 Å². The molecule has 2 aromatic heterocycles. The van der Waals surface area contributed by atoms with E-state index in [1.54, 1.807) is 22.7 Å². The van der Waals surface area contributed by atoms with Gasteiger partial charge in [-0.25, -0.2) is 4.98 Å². The molecule has 0 fully saturated rings. The minimum atomic E-state index is 0.631. The molecule has 0 bridgehead atoms. The first-order valence-electron chi connectivity index (χ1n) is 3.57. The number of hydrogen-bond donors (Lipinski definition) is 1. The van der Waals surface area contributed by atoms with Crippen molar-refractivity contribution in [1.29, 1.82) is 0 Å². The summed E-state index contributed by atoms with van der Waals surface area (Å²) in [5, 5.41) is 5.05. The zero-order valence-corrected chi connectivity index (χ0v) is 7.99. The smallest absolute Gasteiger partial charge is 0.134 e. The minimum absolute atomic E-state index is 0.631. The highest BCUT2D eigenvalue weighted by molar-refractivity contribution is 7.11. The van der Waals surface area contributed by atoms with Gasteiger partial charge in [-0.2, -0.15) is 0 Å². The molecule has 2 rings (SSSR count). The molecule has 12 heavy (non-hydrogen) atoms. The number of rotatable bonds is 2. The van der Waals surface area contributed by atoms with Crippen LogP contribution in [0.5, 0.6) is 0 Å². The quantitative estimate of drug-likeness (QED) is 0.801. The maximum Gasteiger partial charge on any atom is 0.134 e. The van der Waals surface area contributed by atoms with Gasteiger partial charge in [0.15, 0.2) is 0 Å². The average Bonchev–Trinajstić information content (AvgIpc) is 2.63. The van der Waals surface area contributed by atoms with E-state index in [4.69, 9.17) is 5.73 Å². The first kappa shape index (κ1) is 7.76. The molecule has 0 amide bonds. The molecular weight excluding hydrogens is 188 g/mol. The normalized spacial score (nSPS) is 10.3. The van der Waals surface area contributed by atoms with Crippen LogP contribution in [0.25, 0.3) is 0 Å². The summed E-state index contributed by atoms with van der Waals surface area (Å²) in [6, 6.07) is 4.17. The molecule has 4 heteroatoms. The lowest BCUT2D eigenvalue weighted by Crippen LogP contribution is -1.86. The van der Waals surface area contributed by atoms with Gasteiger partial charge in [-0.05, 0) is 11.4 Å². The summed E-state index contributed by atoms with van der Waals surface area (Å²) in [5.41, 5.74) is 5.51. The summed E-state index contributed by atoms with van der Waals surface area (Å²) in [4.78, 5) is 5.53. The predicted octanol–water partition coefficient (Wildman–Crippen LogP) is 2.38. The SMILES string of the molecule is Nc1csc(Cc2cccs2)n1. The number of aromatic nitrogens is 1. The number of thiophene rings is 1. The average molecular weight is 196 g/mol. The second kappa shape index (κ2) is 3.25. The molecular formula is C8H8N2S2. The van der Waals surface area contributed by atoms with Crippen LogP contribution in [0.4, 0.5) is 5.82 Å². The third-order valence-corrected chi connectivity index (χ3v) is 3.22. The molecule has 0 spiro atoms. The Hall–Kier alpha value is -0.870. The van der Waals surface area contributed by atoms with Crippen LogP contribution in [0.2, 0.25) is 0 Å². The summed E-state index contributed by atoms with van der Waals surface area (Å²) in [7, 11) is 0. The van der Waals surface area contributed by atoms with Gasteiger partial charge in [0, 0.05) is 16.7 Å². The van der Waals surface area contributed by atoms with Crippen molar-refractivity contribution in [3.05, 3.63) is 32.8 Å². The van der Waals surface area contributed by atoms with Crippen molar-refractivity contribution < 1.29 is 0 Å². The largest absolute Gasteiger partial charge is 0.383 e. The molecule has 0 aliphatic rings. The summed E-state index contributed by atoms with van der Waals surface area (Å²) in [5.74, 6) is 0.631. The Kier molecular flexibility index (Phi) is 2.10. The third kappa shape index (κ3) is 1.65. The Morgan fingerprint density at radius 1 is 1.42 bits per heavy atom. The van der Waals surface area contributed by atoms with Gasteiger partial charge < -0.3 is 5.73 Å². The summed E-state index contributed by atoms with van der Waals surface area (Å²) in [6.45, 7) is 0. The molecule has 0 radical (unpaired) electrons. The van der Waals surface area contributed by atoms with Crippen LogP contribution in [0.1, 0.15) is 9.88 Å². The Labute approximate surface area is 78.7 Å². The second-order valence-corrected chi connectivity index (χ2v) is 4.40. The van der Waals surface area contributed by atoms with Crippen molar-refractivity contribution in [2.45, 2.75) is 6.42 Å². The van der Waals surface area contributed by atoms with Gasteiger partial charge in [0.2, 0.25) is 0 Å². The number of nitrogens with two attached hydrogens (primary N) is 1. The molecule has 0 saturated carbocycles. The van der Waals surface area contributed by atoms with E-state index in [9.17, 15) is 0 Å². The molecule has 62 valence electrons. The number of anilines is 1. The zero-order chi connectivity index (χ0) is 8.39. The monoisotopic (exact) mass is 196 g/mol. The highest BCUT2D eigenvalue weighted by atomic mass is 32.1. The molecule has 0 aliphatic heterocycles. The van der Waals surface area contributed by atoms with Crippen molar-refractivity contribution in [2.24, 2.45) is 0 Å². The molecule has 0 unspecified atom stereocenters. The van der Waals surface area contributed by atoms with Crippen LogP contribution in [0.15, 0.2) is 22.9 Å². The Morgan fingerprint density at radius 3 is 2.92 bits per heavy atom.